The zero-order valence-corrected chi connectivity index (χ0v) is 12.5. The molecule has 3 rings (SSSR count). The predicted molar refractivity (Wildman–Crippen MR) is 84.4 cm³/mol. The second kappa shape index (κ2) is 5.68. The maximum absolute atomic E-state index is 14.2. The fraction of sp³-hybridized carbons (Fsp3) is 0.125. The van der Waals surface area contributed by atoms with Crippen molar-refractivity contribution in [2.45, 2.75) is 6.42 Å². The molecular formula is C16H12Cl2FNO. The molecule has 0 spiro atoms. The van der Waals surface area contributed by atoms with E-state index in [-0.39, 0.29) is 5.82 Å². The molecule has 1 aromatic heterocycles. The number of fused-ring (bicyclic) bond motifs is 1. The normalized spacial score (nSPS) is 11.2. The predicted octanol–water partition coefficient (Wildman–Crippen LogP) is 5.05. The molecule has 0 aliphatic heterocycles. The fourth-order valence-corrected chi connectivity index (χ4v) is 2.97. The van der Waals surface area contributed by atoms with Crippen molar-refractivity contribution in [3.05, 3.63) is 58.0 Å². The molecule has 1 heterocycles. The monoisotopic (exact) mass is 323 g/mol. The number of halogens is 3. The third-order valence-corrected chi connectivity index (χ3v) is 3.80. The smallest absolute Gasteiger partial charge is 0.153 e. The van der Waals surface area contributed by atoms with Crippen LogP contribution in [0.5, 0.6) is 0 Å². The maximum atomic E-state index is 14.2. The standard InChI is InChI=1S/C16H12Cl2FNO/c17-9-7-11-15(10-3-1-2-4-13(10)19)14(5-6-20)21-16(11)12(18)8-9/h1-4,7-8H,5-6,20H2. The Morgan fingerprint density at radius 2 is 1.90 bits per heavy atom. The quantitative estimate of drug-likeness (QED) is 0.732. The van der Waals surface area contributed by atoms with Crippen molar-refractivity contribution in [2.24, 2.45) is 5.73 Å². The van der Waals surface area contributed by atoms with E-state index in [2.05, 4.69) is 0 Å². The molecule has 2 nitrogen and oxygen atoms in total. The minimum Gasteiger partial charge on any atom is -0.459 e. The van der Waals surface area contributed by atoms with E-state index < -0.39 is 0 Å². The highest BCUT2D eigenvalue weighted by molar-refractivity contribution is 6.38. The first-order valence-corrected chi connectivity index (χ1v) is 7.22. The zero-order chi connectivity index (χ0) is 15.0. The van der Waals surface area contributed by atoms with Crippen molar-refractivity contribution in [1.82, 2.24) is 0 Å². The fourth-order valence-electron chi connectivity index (χ4n) is 2.44. The summed E-state index contributed by atoms with van der Waals surface area (Å²) in [7, 11) is 0. The van der Waals surface area contributed by atoms with Crippen LogP contribution in [0.1, 0.15) is 5.76 Å². The Morgan fingerprint density at radius 3 is 2.62 bits per heavy atom. The third-order valence-electron chi connectivity index (χ3n) is 3.30. The van der Waals surface area contributed by atoms with E-state index in [1.807, 2.05) is 0 Å². The summed E-state index contributed by atoms with van der Waals surface area (Å²) in [4.78, 5) is 0. The van der Waals surface area contributed by atoms with E-state index in [9.17, 15) is 4.39 Å². The summed E-state index contributed by atoms with van der Waals surface area (Å²) in [6.07, 6.45) is 0.492. The molecule has 0 aliphatic rings. The summed E-state index contributed by atoms with van der Waals surface area (Å²) in [6.45, 7) is 0.395. The minimum atomic E-state index is -0.324. The van der Waals surface area contributed by atoms with Gasteiger partial charge in [-0.25, -0.2) is 4.39 Å². The van der Waals surface area contributed by atoms with Gasteiger partial charge in [-0.1, -0.05) is 41.4 Å². The van der Waals surface area contributed by atoms with E-state index in [4.69, 9.17) is 33.4 Å². The summed E-state index contributed by atoms with van der Waals surface area (Å²) in [6, 6.07) is 9.86. The van der Waals surface area contributed by atoms with Gasteiger partial charge in [-0.05, 0) is 24.7 Å². The number of hydrogen-bond acceptors (Lipinski definition) is 2. The first-order valence-electron chi connectivity index (χ1n) is 6.47. The molecule has 5 heteroatoms. The van der Waals surface area contributed by atoms with Gasteiger partial charge in [0.2, 0.25) is 0 Å². The molecule has 0 saturated carbocycles. The number of nitrogens with two attached hydrogens (primary N) is 1. The summed E-state index contributed by atoms with van der Waals surface area (Å²) in [5.74, 6) is 0.288. The van der Waals surface area contributed by atoms with Crippen LogP contribution in [0.3, 0.4) is 0 Å². The van der Waals surface area contributed by atoms with Gasteiger partial charge < -0.3 is 10.2 Å². The van der Waals surface area contributed by atoms with Crippen LogP contribution in [0.25, 0.3) is 22.1 Å². The topological polar surface area (TPSA) is 39.2 Å². The van der Waals surface area contributed by atoms with E-state index >= 15 is 0 Å². The van der Waals surface area contributed by atoms with Crippen molar-refractivity contribution < 1.29 is 8.81 Å². The van der Waals surface area contributed by atoms with Crippen LogP contribution in [-0.4, -0.2) is 6.54 Å². The van der Waals surface area contributed by atoms with E-state index in [1.54, 1.807) is 30.3 Å². The molecule has 0 saturated heterocycles. The average Bonchev–Trinajstić information content (AvgIpc) is 2.78. The molecule has 108 valence electrons. The molecule has 0 aliphatic carbocycles. The number of furan rings is 1. The summed E-state index contributed by atoms with van der Waals surface area (Å²) in [5, 5.41) is 1.57. The molecule has 0 fully saturated rings. The van der Waals surface area contributed by atoms with Crippen LogP contribution in [0.15, 0.2) is 40.8 Å². The molecule has 0 amide bonds. The molecule has 0 unspecified atom stereocenters. The molecule has 2 N–H and O–H groups in total. The lowest BCUT2D eigenvalue weighted by atomic mass is 10.00. The van der Waals surface area contributed by atoms with Crippen molar-refractivity contribution in [1.29, 1.82) is 0 Å². The number of benzene rings is 2. The Hall–Kier alpha value is -1.55. The van der Waals surface area contributed by atoms with Gasteiger partial charge in [0, 0.05) is 28.0 Å². The van der Waals surface area contributed by atoms with Crippen molar-refractivity contribution in [3.8, 4) is 11.1 Å². The van der Waals surface area contributed by atoms with Gasteiger partial charge >= 0.3 is 0 Å². The molecule has 3 aromatic rings. The third kappa shape index (κ3) is 2.53. The molecule has 0 bridgehead atoms. The van der Waals surface area contributed by atoms with Gasteiger partial charge in [-0.2, -0.15) is 0 Å². The lowest BCUT2D eigenvalue weighted by molar-refractivity contribution is 0.551. The van der Waals surface area contributed by atoms with Crippen molar-refractivity contribution >= 4 is 34.2 Å². The highest BCUT2D eigenvalue weighted by Gasteiger charge is 2.20. The Kier molecular flexibility index (Phi) is 3.89. The van der Waals surface area contributed by atoms with Gasteiger partial charge in [0.1, 0.15) is 11.6 Å². The Morgan fingerprint density at radius 1 is 1.14 bits per heavy atom. The second-order valence-electron chi connectivity index (χ2n) is 4.68. The van der Waals surface area contributed by atoms with E-state index in [0.717, 1.165) is 0 Å². The van der Waals surface area contributed by atoms with Gasteiger partial charge in [0.15, 0.2) is 5.58 Å². The van der Waals surface area contributed by atoms with Crippen LogP contribution >= 0.6 is 23.2 Å². The van der Waals surface area contributed by atoms with Crippen LogP contribution in [-0.2, 0) is 6.42 Å². The summed E-state index contributed by atoms with van der Waals surface area (Å²) in [5.41, 5.74) is 7.25. The van der Waals surface area contributed by atoms with Gasteiger partial charge in [0.25, 0.3) is 0 Å². The summed E-state index contributed by atoms with van der Waals surface area (Å²) >= 11 is 12.2. The average molecular weight is 324 g/mol. The van der Waals surface area contributed by atoms with E-state index in [0.29, 0.717) is 50.9 Å². The SMILES string of the molecule is NCCc1oc2c(Cl)cc(Cl)cc2c1-c1ccccc1F. The Bertz CT molecular complexity index is 813. The van der Waals surface area contributed by atoms with Gasteiger partial charge in [-0.3, -0.25) is 0 Å². The van der Waals surface area contributed by atoms with Crippen LogP contribution in [0.4, 0.5) is 4.39 Å². The van der Waals surface area contributed by atoms with Crippen molar-refractivity contribution in [2.75, 3.05) is 6.54 Å². The first-order chi connectivity index (χ1) is 10.1. The lowest BCUT2D eigenvalue weighted by Gasteiger charge is -2.04. The van der Waals surface area contributed by atoms with Crippen LogP contribution in [0, 0.1) is 5.82 Å². The van der Waals surface area contributed by atoms with Crippen LogP contribution in [0.2, 0.25) is 10.0 Å². The van der Waals surface area contributed by atoms with E-state index in [1.165, 1.54) is 6.07 Å². The summed E-state index contributed by atoms with van der Waals surface area (Å²) < 4.78 is 20.0. The number of rotatable bonds is 3. The maximum Gasteiger partial charge on any atom is 0.153 e. The highest BCUT2D eigenvalue weighted by Crippen LogP contribution is 2.40. The molecule has 2 aromatic carbocycles. The van der Waals surface area contributed by atoms with Gasteiger partial charge in [-0.15, -0.1) is 0 Å². The first kappa shape index (κ1) is 14.4. The molecular weight excluding hydrogens is 312 g/mol. The second-order valence-corrected chi connectivity index (χ2v) is 5.53. The minimum absolute atomic E-state index is 0.324. The largest absolute Gasteiger partial charge is 0.459 e. The van der Waals surface area contributed by atoms with Crippen molar-refractivity contribution in [3.63, 3.8) is 0 Å². The Balaban J connectivity index is 2.38. The molecule has 0 radical (unpaired) electrons. The molecule has 0 atom stereocenters. The van der Waals surface area contributed by atoms with Crippen LogP contribution < -0.4 is 5.73 Å². The highest BCUT2D eigenvalue weighted by atomic mass is 35.5. The van der Waals surface area contributed by atoms with Gasteiger partial charge in [0.05, 0.1) is 5.02 Å². The lowest BCUT2D eigenvalue weighted by Crippen LogP contribution is -2.02. The zero-order valence-electron chi connectivity index (χ0n) is 11.0. The number of hydrogen-bond donors (Lipinski definition) is 1. The Labute approximate surface area is 131 Å². The molecule has 21 heavy (non-hydrogen) atoms.